The number of nitrogens with one attached hydrogen (secondary N) is 1. The summed E-state index contributed by atoms with van der Waals surface area (Å²) < 4.78 is 32.3. The molecule has 2 rings (SSSR count). The lowest BCUT2D eigenvalue weighted by molar-refractivity contribution is -0.119. The second kappa shape index (κ2) is 7.64. The molecule has 1 heterocycles. The Morgan fingerprint density at radius 3 is 2.42 bits per heavy atom. The van der Waals surface area contributed by atoms with Crippen LogP contribution in [0.5, 0.6) is 5.88 Å². The molecule has 0 radical (unpaired) electrons. The number of aromatic nitrogens is 1. The van der Waals surface area contributed by atoms with E-state index in [0.29, 0.717) is 6.07 Å². The zero-order valence-electron chi connectivity index (χ0n) is 13.9. The second-order valence-corrected chi connectivity index (χ2v) is 5.24. The highest BCUT2D eigenvalue weighted by Gasteiger charge is 2.28. The molecule has 0 saturated heterocycles. The van der Waals surface area contributed by atoms with Crippen LogP contribution in [0.25, 0.3) is 0 Å². The Morgan fingerprint density at radius 2 is 1.88 bits per heavy atom. The summed E-state index contributed by atoms with van der Waals surface area (Å²) in [6.07, 6.45) is -1.44. The van der Waals surface area contributed by atoms with Gasteiger partial charge in [0, 0.05) is 12.1 Å². The van der Waals surface area contributed by atoms with Gasteiger partial charge in [0.1, 0.15) is 17.7 Å². The Balaban J connectivity index is 2.62. The normalized spacial score (nSPS) is 11.5. The van der Waals surface area contributed by atoms with Crippen molar-refractivity contribution in [3.8, 4) is 5.88 Å². The van der Waals surface area contributed by atoms with E-state index in [1.807, 2.05) is 5.32 Å². The van der Waals surface area contributed by atoms with E-state index in [4.69, 9.17) is 15.6 Å². The van der Waals surface area contributed by atoms with Gasteiger partial charge in [-0.05, 0) is 25.1 Å². The molecule has 26 heavy (non-hydrogen) atoms. The number of hydrogen-bond donors (Lipinski definition) is 3. The van der Waals surface area contributed by atoms with Gasteiger partial charge in [-0.1, -0.05) is 0 Å². The average Bonchev–Trinajstić information content (AvgIpc) is 2.55. The third-order valence-corrected chi connectivity index (χ3v) is 3.34. The molecule has 0 spiro atoms. The van der Waals surface area contributed by atoms with Crippen LogP contribution in [0.15, 0.2) is 30.3 Å². The first kappa shape index (κ1) is 18.9. The van der Waals surface area contributed by atoms with Crippen LogP contribution in [-0.4, -0.2) is 35.2 Å². The first-order valence-corrected chi connectivity index (χ1v) is 7.33. The van der Waals surface area contributed by atoms with Crippen molar-refractivity contribution in [3.63, 3.8) is 0 Å². The van der Waals surface area contributed by atoms with E-state index < -0.39 is 29.7 Å². The summed E-state index contributed by atoms with van der Waals surface area (Å²) in [6, 6.07) is 4.02. The molecular weight excluding hydrogens is 350 g/mol. The summed E-state index contributed by atoms with van der Waals surface area (Å²) in [7, 11) is 1.34. The Labute approximate surface area is 147 Å². The van der Waals surface area contributed by atoms with Gasteiger partial charge in [0.15, 0.2) is 5.82 Å². The van der Waals surface area contributed by atoms with Gasteiger partial charge in [-0.2, -0.15) is 4.98 Å². The highest BCUT2D eigenvalue weighted by atomic mass is 19.1. The number of ether oxygens (including phenoxy) is 1. The number of methoxy groups -OCH3 is 1. The lowest BCUT2D eigenvalue weighted by Gasteiger charge is -2.26. The van der Waals surface area contributed by atoms with E-state index in [-0.39, 0.29) is 23.1 Å². The predicted molar refractivity (Wildman–Crippen MR) is 89.3 cm³/mol. The number of anilines is 3. The summed E-state index contributed by atoms with van der Waals surface area (Å²) >= 11 is 0. The quantitative estimate of drug-likeness (QED) is 0.747. The molecule has 0 aliphatic carbocycles. The summed E-state index contributed by atoms with van der Waals surface area (Å²) in [4.78, 5) is 28.5. The molecule has 1 unspecified atom stereocenters. The zero-order valence-corrected chi connectivity index (χ0v) is 13.9. The summed E-state index contributed by atoms with van der Waals surface area (Å²) in [5, 5.41) is 10.8. The number of nitrogens with zero attached hydrogens (tertiary/aromatic N) is 2. The van der Waals surface area contributed by atoms with Crippen LogP contribution in [0.2, 0.25) is 0 Å². The number of nitrogens with two attached hydrogens (primary N) is 1. The molecule has 0 aliphatic rings. The Kier molecular flexibility index (Phi) is 5.55. The van der Waals surface area contributed by atoms with Crippen molar-refractivity contribution >= 4 is 29.2 Å². The standard InChI is InChI=1S/C16H16F2N4O4/c1-8(20-16(24)25)15(23)22(11-6-9(17)5-10(18)7-11)14-12(19)3-4-13(21-14)26-2/h3-8,20H,19H2,1-2H3,(H,24,25). The number of carbonyl (C=O) groups excluding carboxylic acids is 1. The number of amides is 2. The summed E-state index contributed by atoms with van der Waals surface area (Å²) in [5.41, 5.74) is 5.67. The molecule has 0 saturated carbocycles. The predicted octanol–water partition coefficient (Wildman–Crippen LogP) is 2.27. The molecular formula is C16H16F2N4O4. The largest absolute Gasteiger partial charge is 0.481 e. The van der Waals surface area contributed by atoms with Crippen LogP contribution in [0.1, 0.15) is 6.92 Å². The van der Waals surface area contributed by atoms with Gasteiger partial charge >= 0.3 is 6.09 Å². The maximum atomic E-state index is 13.7. The van der Waals surface area contributed by atoms with Crippen molar-refractivity contribution in [3.05, 3.63) is 42.0 Å². The molecule has 0 aliphatic heterocycles. The van der Waals surface area contributed by atoms with Crippen molar-refractivity contribution in [2.75, 3.05) is 17.7 Å². The molecule has 2 aromatic rings. The lowest BCUT2D eigenvalue weighted by atomic mass is 10.2. The zero-order chi connectivity index (χ0) is 19.4. The number of nitrogen functional groups attached to an aromatic ring is 1. The fourth-order valence-corrected chi connectivity index (χ4v) is 2.20. The van der Waals surface area contributed by atoms with Crippen LogP contribution in [0.3, 0.4) is 0 Å². The third kappa shape index (κ3) is 4.15. The fraction of sp³-hybridized carbons (Fsp3) is 0.188. The number of benzene rings is 1. The molecule has 10 heteroatoms. The minimum atomic E-state index is -1.44. The number of halogens is 2. The highest BCUT2D eigenvalue weighted by molar-refractivity contribution is 6.05. The average molecular weight is 366 g/mol. The molecule has 1 aromatic heterocycles. The monoisotopic (exact) mass is 366 g/mol. The number of carboxylic acid groups (broad SMARTS) is 1. The topological polar surface area (TPSA) is 118 Å². The lowest BCUT2D eigenvalue weighted by Crippen LogP contribution is -2.45. The Morgan fingerprint density at radius 1 is 1.27 bits per heavy atom. The van der Waals surface area contributed by atoms with Gasteiger partial charge in [-0.15, -0.1) is 0 Å². The molecule has 1 aromatic carbocycles. The first-order valence-electron chi connectivity index (χ1n) is 7.33. The maximum absolute atomic E-state index is 13.7. The molecule has 138 valence electrons. The minimum absolute atomic E-state index is 0.0198. The van der Waals surface area contributed by atoms with Crippen molar-refractivity contribution in [1.82, 2.24) is 10.3 Å². The molecule has 8 nitrogen and oxygen atoms in total. The van der Waals surface area contributed by atoms with Crippen LogP contribution in [0, 0.1) is 11.6 Å². The molecule has 4 N–H and O–H groups in total. The van der Waals surface area contributed by atoms with Crippen LogP contribution >= 0.6 is 0 Å². The van der Waals surface area contributed by atoms with Gasteiger partial charge in [0.2, 0.25) is 5.88 Å². The van der Waals surface area contributed by atoms with E-state index in [1.54, 1.807) is 0 Å². The van der Waals surface area contributed by atoms with Gasteiger partial charge in [0.05, 0.1) is 18.5 Å². The van der Waals surface area contributed by atoms with Crippen molar-refractivity contribution < 1.29 is 28.2 Å². The third-order valence-electron chi connectivity index (χ3n) is 3.34. The molecule has 0 bridgehead atoms. The maximum Gasteiger partial charge on any atom is 0.405 e. The highest BCUT2D eigenvalue weighted by Crippen LogP contribution is 2.32. The van der Waals surface area contributed by atoms with Gasteiger partial charge in [-0.3, -0.25) is 9.69 Å². The Bertz CT molecular complexity index is 827. The van der Waals surface area contributed by atoms with Gasteiger partial charge in [0.25, 0.3) is 5.91 Å². The first-order chi connectivity index (χ1) is 12.2. The molecule has 0 fully saturated rings. The second-order valence-electron chi connectivity index (χ2n) is 5.24. The van der Waals surface area contributed by atoms with Crippen molar-refractivity contribution in [2.24, 2.45) is 0 Å². The number of carbonyl (C=O) groups is 2. The Hall–Kier alpha value is -3.43. The minimum Gasteiger partial charge on any atom is -0.481 e. The number of pyridine rings is 1. The van der Waals surface area contributed by atoms with Crippen molar-refractivity contribution in [1.29, 1.82) is 0 Å². The SMILES string of the molecule is COc1ccc(N)c(N(C(=O)C(C)NC(=O)O)c2cc(F)cc(F)c2)n1. The van der Waals surface area contributed by atoms with Crippen LogP contribution < -0.4 is 20.7 Å². The molecule has 2 amide bonds. The number of hydrogen-bond acceptors (Lipinski definition) is 5. The summed E-state index contributed by atoms with van der Waals surface area (Å²) in [5.74, 6) is -2.76. The summed E-state index contributed by atoms with van der Waals surface area (Å²) in [6.45, 7) is 1.27. The van der Waals surface area contributed by atoms with Crippen LogP contribution in [-0.2, 0) is 4.79 Å². The van der Waals surface area contributed by atoms with E-state index in [1.165, 1.54) is 26.2 Å². The van der Waals surface area contributed by atoms with E-state index >= 15 is 0 Å². The fourth-order valence-electron chi connectivity index (χ4n) is 2.20. The van der Waals surface area contributed by atoms with Crippen LogP contribution in [0.4, 0.5) is 30.8 Å². The number of rotatable bonds is 5. The smallest absolute Gasteiger partial charge is 0.405 e. The van der Waals surface area contributed by atoms with E-state index in [2.05, 4.69) is 4.98 Å². The van der Waals surface area contributed by atoms with Gasteiger partial charge in [-0.25, -0.2) is 13.6 Å². The van der Waals surface area contributed by atoms with Gasteiger partial charge < -0.3 is 20.9 Å². The van der Waals surface area contributed by atoms with Crippen molar-refractivity contribution in [2.45, 2.75) is 13.0 Å². The van der Waals surface area contributed by atoms with E-state index in [9.17, 15) is 18.4 Å². The molecule has 1 atom stereocenters. The van der Waals surface area contributed by atoms with E-state index in [0.717, 1.165) is 17.0 Å².